The zero-order valence-electron chi connectivity index (χ0n) is 11.8. The maximum atomic E-state index is 11.1. The number of benzene rings is 2. The lowest BCUT2D eigenvalue weighted by atomic mass is 9.99. The largest absolute Gasteiger partial charge is 0.508 e. The number of aliphatic hydroxyl groups is 2. The lowest BCUT2D eigenvalue weighted by Crippen LogP contribution is -2.04. The van der Waals surface area contributed by atoms with Crippen LogP contribution in [0.5, 0.6) is 11.5 Å². The van der Waals surface area contributed by atoms with Gasteiger partial charge in [-0.1, -0.05) is 24.8 Å². The van der Waals surface area contributed by atoms with Crippen LogP contribution >= 0.6 is 0 Å². The average Bonchev–Trinajstić information content (AvgIpc) is 2.55. The van der Waals surface area contributed by atoms with E-state index in [2.05, 4.69) is 6.58 Å². The third-order valence-electron chi connectivity index (χ3n) is 3.15. The number of hydrogen-bond donors (Lipinski definition) is 3. The number of ether oxygens (including phenoxy) is 1. The number of hydrogen-bond acceptors (Lipinski definition) is 5. The Morgan fingerprint density at radius 2 is 1.91 bits per heavy atom. The van der Waals surface area contributed by atoms with Crippen LogP contribution in [0, 0.1) is 0 Å². The van der Waals surface area contributed by atoms with Crippen molar-refractivity contribution in [3.8, 4) is 11.5 Å². The Morgan fingerprint density at radius 1 is 1.23 bits per heavy atom. The van der Waals surface area contributed by atoms with Gasteiger partial charge >= 0.3 is 5.97 Å². The van der Waals surface area contributed by atoms with Crippen LogP contribution in [-0.2, 0) is 11.4 Å². The van der Waals surface area contributed by atoms with Crippen molar-refractivity contribution in [1.29, 1.82) is 0 Å². The van der Waals surface area contributed by atoms with Crippen LogP contribution in [0.25, 0.3) is 0 Å². The molecule has 0 aliphatic heterocycles. The van der Waals surface area contributed by atoms with Gasteiger partial charge in [0.05, 0.1) is 6.61 Å². The molecule has 1 unspecified atom stereocenters. The number of phenols is 1. The van der Waals surface area contributed by atoms with Crippen LogP contribution in [0.15, 0.2) is 55.1 Å². The van der Waals surface area contributed by atoms with E-state index >= 15 is 0 Å². The Kier molecular flexibility index (Phi) is 4.93. The number of aromatic hydroxyl groups is 1. The minimum atomic E-state index is -1.06. The van der Waals surface area contributed by atoms with E-state index in [9.17, 15) is 15.0 Å². The van der Waals surface area contributed by atoms with Gasteiger partial charge in [-0.25, -0.2) is 4.79 Å². The van der Waals surface area contributed by atoms with Crippen LogP contribution in [0.2, 0.25) is 0 Å². The van der Waals surface area contributed by atoms with Crippen molar-refractivity contribution in [3.05, 3.63) is 71.8 Å². The molecule has 0 radical (unpaired) electrons. The second-order valence-corrected chi connectivity index (χ2v) is 4.65. The van der Waals surface area contributed by atoms with Crippen molar-refractivity contribution < 1.29 is 24.9 Å². The van der Waals surface area contributed by atoms with Gasteiger partial charge in [0.1, 0.15) is 17.6 Å². The van der Waals surface area contributed by atoms with Gasteiger partial charge in [0.15, 0.2) is 0 Å². The smallest absolute Gasteiger partial charge is 0.335 e. The highest BCUT2D eigenvalue weighted by Gasteiger charge is 2.15. The normalized spacial score (nSPS) is 11.7. The predicted molar refractivity (Wildman–Crippen MR) is 80.4 cm³/mol. The molecule has 2 aromatic carbocycles. The molecule has 22 heavy (non-hydrogen) atoms. The van der Waals surface area contributed by atoms with E-state index in [0.717, 1.165) is 6.08 Å². The van der Waals surface area contributed by atoms with E-state index in [-0.39, 0.29) is 12.4 Å². The molecule has 0 saturated carbocycles. The van der Waals surface area contributed by atoms with Crippen LogP contribution in [0.3, 0.4) is 0 Å². The topological polar surface area (TPSA) is 87.0 Å². The molecule has 0 fully saturated rings. The highest BCUT2D eigenvalue weighted by Crippen LogP contribution is 2.31. The molecular formula is C17H16O5. The molecule has 5 heteroatoms. The molecule has 2 rings (SSSR count). The third kappa shape index (κ3) is 3.52. The number of esters is 1. The van der Waals surface area contributed by atoms with Gasteiger partial charge in [-0.05, 0) is 35.4 Å². The van der Waals surface area contributed by atoms with E-state index < -0.39 is 12.1 Å². The van der Waals surface area contributed by atoms with Crippen molar-refractivity contribution >= 4 is 5.97 Å². The Hall–Kier alpha value is -2.63. The van der Waals surface area contributed by atoms with E-state index in [1.165, 1.54) is 24.3 Å². The summed E-state index contributed by atoms with van der Waals surface area (Å²) < 4.78 is 4.94. The minimum Gasteiger partial charge on any atom is -0.508 e. The van der Waals surface area contributed by atoms with Crippen LogP contribution < -0.4 is 4.74 Å². The van der Waals surface area contributed by atoms with E-state index in [1.54, 1.807) is 18.2 Å². The lowest BCUT2D eigenvalue weighted by Gasteiger charge is -2.14. The summed E-state index contributed by atoms with van der Waals surface area (Å²) in [6, 6.07) is 10.8. The molecule has 114 valence electrons. The standard InChI is InChI=1S/C17H16O5/c1-2-16(20)22-13-6-4-12(5-7-13)17(21)14-9-11(10-18)3-8-15(14)19/h2-9,17-19,21H,1,10H2. The summed E-state index contributed by atoms with van der Waals surface area (Å²) in [5, 5.41) is 29.3. The first-order chi connectivity index (χ1) is 10.5. The molecule has 5 nitrogen and oxygen atoms in total. The summed E-state index contributed by atoms with van der Waals surface area (Å²) in [7, 11) is 0. The van der Waals surface area contributed by atoms with Crippen molar-refractivity contribution in [2.24, 2.45) is 0 Å². The van der Waals surface area contributed by atoms with Gasteiger partial charge in [-0.15, -0.1) is 0 Å². The van der Waals surface area contributed by atoms with Gasteiger partial charge in [-0.2, -0.15) is 0 Å². The SMILES string of the molecule is C=CC(=O)Oc1ccc(C(O)c2cc(CO)ccc2O)cc1. The van der Waals surface area contributed by atoms with Crippen molar-refractivity contribution in [1.82, 2.24) is 0 Å². The summed E-state index contributed by atoms with van der Waals surface area (Å²) in [4.78, 5) is 11.1. The first-order valence-electron chi connectivity index (χ1n) is 6.60. The number of rotatable bonds is 5. The molecule has 0 aromatic heterocycles. The maximum absolute atomic E-state index is 11.1. The number of aliphatic hydroxyl groups excluding tert-OH is 2. The molecule has 0 bridgehead atoms. The number of phenolic OH excluding ortho intramolecular Hbond substituents is 1. The number of carbonyl (C=O) groups is 1. The first-order valence-corrected chi connectivity index (χ1v) is 6.60. The van der Waals surface area contributed by atoms with Gasteiger partial charge in [0.25, 0.3) is 0 Å². The molecule has 0 aliphatic rings. The summed E-state index contributed by atoms with van der Waals surface area (Å²) >= 11 is 0. The van der Waals surface area contributed by atoms with Gasteiger partial charge < -0.3 is 20.1 Å². The summed E-state index contributed by atoms with van der Waals surface area (Å²) in [6.45, 7) is 3.12. The quantitative estimate of drug-likeness (QED) is 0.447. The molecule has 1 atom stereocenters. The molecule has 0 amide bonds. The second kappa shape index (κ2) is 6.89. The summed E-state index contributed by atoms with van der Waals surface area (Å²) in [5.74, 6) is -0.303. The molecule has 3 N–H and O–H groups in total. The lowest BCUT2D eigenvalue weighted by molar-refractivity contribution is -0.128. The monoisotopic (exact) mass is 300 g/mol. The minimum absolute atomic E-state index is 0.0631. The van der Waals surface area contributed by atoms with Crippen molar-refractivity contribution in [2.75, 3.05) is 0 Å². The Morgan fingerprint density at radius 3 is 2.50 bits per heavy atom. The van der Waals surface area contributed by atoms with Crippen molar-refractivity contribution in [2.45, 2.75) is 12.7 Å². The Bertz CT molecular complexity index is 676. The van der Waals surface area contributed by atoms with E-state index in [0.29, 0.717) is 22.4 Å². The second-order valence-electron chi connectivity index (χ2n) is 4.65. The third-order valence-corrected chi connectivity index (χ3v) is 3.15. The summed E-state index contributed by atoms with van der Waals surface area (Å²) in [6.07, 6.45) is -0.00285. The van der Waals surface area contributed by atoms with Crippen LogP contribution in [0.1, 0.15) is 22.8 Å². The fraction of sp³-hybridized carbons (Fsp3) is 0.118. The molecular weight excluding hydrogens is 284 g/mol. The Balaban J connectivity index is 2.24. The molecule has 2 aromatic rings. The van der Waals surface area contributed by atoms with Gasteiger partial charge in [0.2, 0.25) is 0 Å². The fourth-order valence-corrected chi connectivity index (χ4v) is 1.98. The highest BCUT2D eigenvalue weighted by molar-refractivity contribution is 5.83. The van der Waals surface area contributed by atoms with Gasteiger partial charge in [-0.3, -0.25) is 0 Å². The molecule has 0 aliphatic carbocycles. The average molecular weight is 300 g/mol. The highest BCUT2D eigenvalue weighted by atomic mass is 16.5. The van der Waals surface area contributed by atoms with Crippen LogP contribution in [-0.4, -0.2) is 21.3 Å². The number of carbonyl (C=O) groups excluding carboxylic acids is 1. The summed E-state index contributed by atoms with van der Waals surface area (Å²) in [5.41, 5.74) is 1.40. The molecule has 0 heterocycles. The van der Waals surface area contributed by atoms with Gasteiger partial charge in [0, 0.05) is 11.6 Å². The zero-order valence-corrected chi connectivity index (χ0v) is 11.8. The van der Waals surface area contributed by atoms with E-state index in [4.69, 9.17) is 9.84 Å². The predicted octanol–water partition coefficient (Wildman–Crippen LogP) is 2.06. The Labute approximate surface area is 127 Å². The zero-order chi connectivity index (χ0) is 16.1. The molecule has 0 saturated heterocycles. The fourth-order valence-electron chi connectivity index (χ4n) is 1.98. The van der Waals surface area contributed by atoms with Crippen molar-refractivity contribution in [3.63, 3.8) is 0 Å². The maximum Gasteiger partial charge on any atom is 0.335 e. The first kappa shape index (κ1) is 15.8. The van der Waals surface area contributed by atoms with E-state index in [1.807, 2.05) is 0 Å². The van der Waals surface area contributed by atoms with Crippen LogP contribution in [0.4, 0.5) is 0 Å². The molecule has 0 spiro atoms.